The highest BCUT2D eigenvalue weighted by atomic mass is 16.3. The van der Waals surface area contributed by atoms with Crippen molar-refractivity contribution in [3.8, 4) is 0 Å². The molecule has 2 unspecified atom stereocenters. The van der Waals surface area contributed by atoms with Gasteiger partial charge in [-0.25, -0.2) is 5.32 Å². The van der Waals surface area contributed by atoms with Crippen molar-refractivity contribution in [2.75, 3.05) is 19.9 Å². The number of hydrogen-bond donors (Lipinski definition) is 3. The van der Waals surface area contributed by atoms with Crippen molar-refractivity contribution in [1.82, 2.24) is 10.6 Å². The highest BCUT2D eigenvalue weighted by Gasteiger charge is 2.13. The molecule has 2 aromatic carbocycles. The fourth-order valence-corrected chi connectivity index (χ4v) is 2.19. The molecule has 2 atom stereocenters. The van der Waals surface area contributed by atoms with Crippen molar-refractivity contribution in [1.29, 1.82) is 0 Å². The Kier molecular flexibility index (Phi) is 6.37. The lowest BCUT2D eigenvalue weighted by molar-refractivity contribution is 0.220. The SMILES string of the molecule is OCC([N]CNC(CO)c1ccccc1)c1ccccc1. The van der Waals surface area contributed by atoms with E-state index in [1.165, 1.54) is 0 Å². The van der Waals surface area contributed by atoms with Gasteiger partial charge in [-0.3, -0.25) is 5.32 Å². The Morgan fingerprint density at radius 2 is 1.38 bits per heavy atom. The van der Waals surface area contributed by atoms with Crippen molar-refractivity contribution in [3.05, 3.63) is 71.8 Å². The van der Waals surface area contributed by atoms with E-state index in [1.54, 1.807) is 0 Å². The third kappa shape index (κ3) is 4.65. The minimum Gasteiger partial charge on any atom is -0.394 e. The maximum atomic E-state index is 9.47. The van der Waals surface area contributed by atoms with Gasteiger partial charge in [0.25, 0.3) is 0 Å². The lowest BCUT2D eigenvalue weighted by Gasteiger charge is -2.19. The van der Waals surface area contributed by atoms with E-state index in [4.69, 9.17) is 0 Å². The second-order valence-electron chi connectivity index (χ2n) is 4.80. The fourth-order valence-electron chi connectivity index (χ4n) is 2.19. The zero-order valence-corrected chi connectivity index (χ0v) is 11.9. The molecule has 0 saturated heterocycles. The molecule has 0 aliphatic carbocycles. The van der Waals surface area contributed by atoms with Crippen LogP contribution in [0.3, 0.4) is 0 Å². The molecule has 2 aromatic rings. The number of nitrogens with zero attached hydrogens (tertiary/aromatic N) is 1. The van der Waals surface area contributed by atoms with Gasteiger partial charge in [0.2, 0.25) is 0 Å². The van der Waals surface area contributed by atoms with Gasteiger partial charge in [-0.15, -0.1) is 0 Å². The Labute approximate surface area is 125 Å². The highest BCUT2D eigenvalue weighted by molar-refractivity contribution is 5.20. The van der Waals surface area contributed by atoms with Gasteiger partial charge in [0, 0.05) is 0 Å². The molecule has 4 heteroatoms. The van der Waals surface area contributed by atoms with Crippen LogP contribution in [0.4, 0.5) is 0 Å². The maximum absolute atomic E-state index is 9.47. The highest BCUT2D eigenvalue weighted by Crippen LogP contribution is 2.14. The number of rotatable bonds is 8. The van der Waals surface area contributed by atoms with E-state index in [0.717, 1.165) is 11.1 Å². The fraction of sp³-hybridized carbons (Fsp3) is 0.294. The van der Waals surface area contributed by atoms with Crippen LogP contribution in [0.25, 0.3) is 0 Å². The van der Waals surface area contributed by atoms with E-state index in [1.807, 2.05) is 60.7 Å². The second kappa shape index (κ2) is 8.54. The normalized spacial score (nSPS) is 13.8. The van der Waals surface area contributed by atoms with Gasteiger partial charge >= 0.3 is 0 Å². The van der Waals surface area contributed by atoms with E-state index in [-0.39, 0.29) is 25.3 Å². The van der Waals surface area contributed by atoms with Crippen molar-refractivity contribution < 1.29 is 10.2 Å². The first-order valence-electron chi connectivity index (χ1n) is 7.06. The molecule has 0 fully saturated rings. The van der Waals surface area contributed by atoms with E-state index >= 15 is 0 Å². The molecule has 2 rings (SSSR count). The van der Waals surface area contributed by atoms with Crippen molar-refractivity contribution >= 4 is 0 Å². The second-order valence-corrected chi connectivity index (χ2v) is 4.80. The van der Waals surface area contributed by atoms with Crippen LogP contribution in [-0.4, -0.2) is 30.1 Å². The van der Waals surface area contributed by atoms with Crippen LogP contribution < -0.4 is 10.6 Å². The summed E-state index contributed by atoms with van der Waals surface area (Å²) in [5.41, 5.74) is 2.01. The molecule has 0 bridgehead atoms. The molecule has 0 aromatic heterocycles. The summed E-state index contributed by atoms with van der Waals surface area (Å²) in [6, 6.07) is 19.1. The van der Waals surface area contributed by atoms with Crippen molar-refractivity contribution in [2.24, 2.45) is 0 Å². The largest absolute Gasteiger partial charge is 0.394 e. The number of aliphatic hydroxyl groups is 2. The number of benzene rings is 2. The van der Waals surface area contributed by atoms with Gasteiger partial charge in [-0.1, -0.05) is 60.7 Å². The van der Waals surface area contributed by atoms with Crippen LogP contribution in [0.2, 0.25) is 0 Å². The third-order valence-electron chi connectivity index (χ3n) is 3.39. The quantitative estimate of drug-likeness (QED) is 0.690. The zero-order valence-electron chi connectivity index (χ0n) is 11.9. The summed E-state index contributed by atoms with van der Waals surface area (Å²) in [4.78, 5) is 0. The van der Waals surface area contributed by atoms with Gasteiger partial charge in [0.15, 0.2) is 0 Å². The standard InChI is InChI=1S/C17H21N2O2/c20-11-16(14-7-3-1-4-8-14)18-13-19-17(12-21)15-9-5-2-6-10-15/h1-10,16-18,20-21H,11-13H2. The summed E-state index contributed by atoms with van der Waals surface area (Å²) in [7, 11) is 0. The molecule has 111 valence electrons. The van der Waals surface area contributed by atoms with E-state index in [2.05, 4.69) is 10.6 Å². The topological polar surface area (TPSA) is 66.6 Å². The molecule has 0 amide bonds. The van der Waals surface area contributed by atoms with Crippen LogP contribution >= 0.6 is 0 Å². The van der Waals surface area contributed by atoms with Crippen LogP contribution in [0.15, 0.2) is 60.7 Å². The van der Waals surface area contributed by atoms with Crippen molar-refractivity contribution in [3.63, 3.8) is 0 Å². The molecule has 21 heavy (non-hydrogen) atoms. The minimum atomic E-state index is -0.242. The average molecular weight is 285 g/mol. The minimum absolute atomic E-state index is 0.00859. The van der Waals surface area contributed by atoms with Crippen LogP contribution in [-0.2, 0) is 0 Å². The lowest BCUT2D eigenvalue weighted by Crippen LogP contribution is -2.33. The van der Waals surface area contributed by atoms with Gasteiger partial charge in [0.05, 0.1) is 32.0 Å². The zero-order chi connectivity index (χ0) is 14.9. The first-order valence-corrected chi connectivity index (χ1v) is 7.06. The van der Waals surface area contributed by atoms with Gasteiger partial charge in [0.1, 0.15) is 0 Å². The Bertz CT molecular complexity index is 457. The van der Waals surface area contributed by atoms with E-state index < -0.39 is 0 Å². The summed E-state index contributed by atoms with van der Waals surface area (Å²) in [6.07, 6.45) is 0. The molecule has 4 nitrogen and oxygen atoms in total. The van der Waals surface area contributed by atoms with Gasteiger partial charge < -0.3 is 10.2 Å². The first-order chi connectivity index (χ1) is 10.3. The first kappa shape index (κ1) is 15.7. The Morgan fingerprint density at radius 1 is 0.810 bits per heavy atom. The molecule has 0 spiro atoms. The predicted octanol–water partition coefficient (Wildman–Crippen LogP) is 1.61. The monoisotopic (exact) mass is 285 g/mol. The van der Waals surface area contributed by atoms with Crippen LogP contribution in [0.5, 0.6) is 0 Å². The smallest absolute Gasteiger partial charge is 0.0741 e. The van der Waals surface area contributed by atoms with E-state index in [9.17, 15) is 10.2 Å². The molecule has 0 aliphatic heterocycles. The Morgan fingerprint density at radius 3 is 1.90 bits per heavy atom. The van der Waals surface area contributed by atoms with Gasteiger partial charge in [-0.2, -0.15) is 0 Å². The summed E-state index contributed by atoms with van der Waals surface area (Å²) >= 11 is 0. The van der Waals surface area contributed by atoms with Crippen LogP contribution in [0, 0.1) is 0 Å². The number of nitrogens with one attached hydrogen (secondary N) is 1. The summed E-state index contributed by atoms with van der Waals surface area (Å²) < 4.78 is 0. The molecular weight excluding hydrogens is 264 g/mol. The van der Waals surface area contributed by atoms with Gasteiger partial charge in [-0.05, 0) is 11.1 Å². The Balaban J connectivity index is 1.87. The summed E-state index contributed by atoms with van der Waals surface area (Å²) in [5, 5.41) is 26.6. The average Bonchev–Trinajstić information content (AvgIpc) is 2.57. The summed E-state index contributed by atoms with van der Waals surface area (Å²) in [6.45, 7) is 0.357. The predicted molar refractivity (Wildman–Crippen MR) is 82.7 cm³/mol. The maximum Gasteiger partial charge on any atom is 0.0741 e. The molecule has 1 radical (unpaired) electrons. The Hall–Kier alpha value is -1.72. The van der Waals surface area contributed by atoms with E-state index in [0.29, 0.717) is 6.67 Å². The van der Waals surface area contributed by atoms with Crippen LogP contribution in [0.1, 0.15) is 23.2 Å². The third-order valence-corrected chi connectivity index (χ3v) is 3.39. The summed E-state index contributed by atoms with van der Waals surface area (Å²) in [5.74, 6) is 0. The lowest BCUT2D eigenvalue weighted by atomic mass is 10.1. The van der Waals surface area contributed by atoms with Crippen molar-refractivity contribution in [2.45, 2.75) is 12.1 Å². The molecule has 3 N–H and O–H groups in total. The molecule has 0 aliphatic rings. The molecule has 0 heterocycles. The molecular formula is C17H21N2O2. The molecule has 0 saturated carbocycles. The number of aliphatic hydroxyl groups excluding tert-OH is 2. The number of hydrogen-bond acceptors (Lipinski definition) is 3.